The first-order valence-corrected chi connectivity index (χ1v) is 14.6. The second-order valence-corrected chi connectivity index (χ2v) is 12.5. The van der Waals surface area contributed by atoms with Crippen LogP contribution >= 0.6 is 11.3 Å². The lowest BCUT2D eigenvalue weighted by Gasteiger charge is -2.26. The highest BCUT2D eigenvalue weighted by Crippen LogP contribution is 2.35. The Morgan fingerprint density at radius 1 is 1.09 bits per heavy atom. The average Bonchev–Trinajstić information content (AvgIpc) is 3.15. The first-order chi connectivity index (χ1) is 15.8. The van der Waals surface area contributed by atoms with Crippen LogP contribution in [0, 0.1) is 19.8 Å². The number of rotatable bonds is 8. The second-order valence-electron chi connectivity index (χ2n) is 9.77. The summed E-state index contributed by atoms with van der Waals surface area (Å²) in [5.74, 6) is 0.828. The van der Waals surface area contributed by atoms with Crippen molar-refractivity contribution in [3.63, 3.8) is 0 Å². The van der Waals surface area contributed by atoms with E-state index < -0.39 is 16.1 Å². The molecule has 2 aliphatic carbocycles. The molecular weight excluding hydrogens is 454 g/mol. The summed E-state index contributed by atoms with van der Waals surface area (Å²) in [6, 6.07) is 5.40. The van der Waals surface area contributed by atoms with Gasteiger partial charge in [0.2, 0.25) is 10.0 Å². The van der Waals surface area contributed by atoms with E-state index in [9.17, 15) is 13.5 Å². The molecule has 2 fully saturated rings. The van der Waals surface area contributed by atoms with Gasteiger partial charge in [-0.2, -0.15) is 0 Å². The van der Waals surface area contributed by atoms with Crippen LogP contribution in [0.4, 0.5) is 5.13 Å². The Morgan fingerprint density at radius 2 is 1.88 bits per heavy atom. The normalized spacial score (nSPS) is 22.4. The van der Waals surface area contributed by atoms with Crippen molar-refractivity contribution in [2.24, 2.45) is 5.92 Å². The van der Waals surface area contributed by atoms with Crippen LogP contribution in [0.2, 0.25) is 0 Å². The molecular formula is C25H37N3O3S2. The highest BCUT2D eigenvalue weighted by molar-refractivity contribution is 7.89. The van der Waals surface area contributed by atoms with E-state index in [0.29, 0.717) is 11.3 Å². The predicted octanol–water partition coefficient (Wildman–Crippen LogP) is 5.39. The van der Waals surface area contributed by atoms with E-state index in [1.165, 1.54) is 38.5 Å². The summed E-state index contributed by atoms with van der Waals surface area (Å²) in [5, 5.41) is 14.3. The average molecular weight is 492 g/mol. The molecule has 0 spiro atoms. The molecule has 33 heavy (non-hydrogen) atoms. The predicted molar refractivity (Wildman–Crippen MR) is 135 cm³/mol. The van der Waals surface area contributed by atoms with Gasteiger partial charge >= 0.3 is 0 Å². The van der Waals surface area contributed by atoms with Crippen molar-refractivity contribution < 1.29 is 13.5 Å². The van der Waals surface area contributed by atoms with E-state index in [1.807, 2.05) is 26.0 Å². The minimum absolute atomic E-state index is 0.216. The van der Waals surface area contributed by atoms with Gasteiger partial charge in [-0.1, -0.05) is 55.6 Å². The SMILES string of the molecule is Cc1ccc(-c2sc(NCCC3CCCCC3)nc2C)cc1S(=O)(=O)NC1CCCC(O)C1. The molecule has 2 aromatic rings. The monoisotopic (exact) mass is 491 g/mol. The molecule has 6 nitrogen and oxygen atoms in total. The molecule has 2 aliphatic rings. The van der Waals surface area contributed by atoms with Crippen LogP contribution in [0.25, 0.3) is 10.4 Å². The molecule has 8 heteroatoms. The fourth-order valence-electron chi connectivity index (χ4n) is 5.18. The highest BCUT2D eigenvalue weighted by atomic mass is 32.2. The molecule has 1 aromatic heterocycles. The Kier molecular flexibility index (Phi) is 8.10. The van der Waals surface area contributed by atoms with Crippen LogP contribution < -0.4 is 10.0 Å². The van der Waals surface area contributed by atoms with Gasteiger partial charge in [0.05, 0.1) is 21.6 Å². The lowest BCUT2D eigenvalue weighted by Crippen LogP contribution is -2.39. The molecule has 0 saturated heterocycles. The molecule has 2 saturated carbocycles. The molecule has 1 aromatic carbocycles. The van der Waals surface area contributed by atoms with Crippen molar-refractivity contribution in [2.75, 3.05) is 11.9 Å². The molecule has 0 radical (unpaired) electrons. The Morgan fingerprint density at radius 3 is 2.64 bits per heavy atom. The summed E-state index contributed by atoms with van der Waals surface area (Å²) in [6.07, 6.45) is 10.4. The Balaban J connectivity index is 1.46. The minimum Gasteiger partial charge on any atom is -0.393 e. The Labute approximate surface area is 202 Å². The van der Waals surface area contributed by atoms with Crippen molar-refractivity contribution in [1.82, 2.24) is 9.71 Å². The fraction of sp³-hybridized carbons (Fsp3) is 0.640. The molecule has 0 aliphatic heterocycles. The summed E-state index contributed by atoms with van der Waals surface area (Å²) >= 11 is 1.59. The first-order valence-electron chi connectivity index (χ1n) is 12.3. The van der Waals surface area contributed by atoms with Crippen molar-refractivity contribution in [3.05, 3.63) is 29.5 Å². The number of aryl methyl sites for hydroxylation is 2. The molecule has 0 amide bonds. The van der Waals surface area contributed by atoms with Crippen LogP contribution in [0.15, 0.2) is 23.1 Å². The summed E-state index contributed by atoms with van der Waals surface area (Å²) in [6.45, 7) is 4.74. The van der Waals surface area contributed by atoms with E-state index >= 15 is 0 Å². The van der Waals surface area contributed by atoms with Gasteiger partial charge in [-0.15, -0.1) is 0 Å². The van der Waals surface area contributed by atoms with Crippen LogP contribution in [0.1, 0.15) is 75.5 Å². The maximum absolute atomic E-state index is 13.2. The van der Waals surface area contributed by atoms with Gasteiger partial charge in [-0.25, -0.2) is 18.1 Å². The van der Waals surface area contributed by atoms with E-state index in [2.05, 4.69) is 10.0 Å². The molecule has 4 rings (SSSR count). The van der Waals surface area contributed by atoms with E-state index in [0.717, 1.165) is 58.6 Å². The van der Waals surface area contributed by atoms with Gasteiger partial charge in [-0.05, 0) is 69.1 Å². The molecule has 2 atom stereocenters. The summed E-state index contributed by atoms with van der Waals surface area (Å²) in [5.41, 5.74) is 2.51. The largest absolute Gasteiger partial charge is 0.393 e. The smallest absolute Gasteiger partial charge is 0.241 e. The maximum atomic E-state index is 13.2. The fourth-order valence-corrected chi connectivity index (χ4v) is 7.73. The minimum atomic E-state index is -3.67. The third kappa shape index (κ3) is 6.35. The quantitative estimate of drug-likeness (QED) is 0.460. The summed E-state index contributed by atoms with van der Waals surface area (Å²) in [7, 11) is -3.67. The molecule has 3 N–H and O–H groups in total. The molecule has 0 bridgehead atoms. The maximum Gasteiger partial charge on any atom is 0.241 e. The van der Waals surface area contributed by atoms with Gasteiger partial charge in [0.25, 0.3) is 0 Å². The second kappa shape index (κ2) is 10.8. The van der Waals surface area contributed by atoms with Crippen LogP contribution in [-0.2, 0) is 10.0 Å². The number of nitrogens with zero attached hydrogens (tertiary/aromatic N) is 1. The van der Waals surface area contributed by atoms with E-state index in [-0.39, 0.29) is 6.04 Å². The third-order valence-electron chi connectivity index (χ3n) is 7.06. The van der Waals surface area contributed by atoms with Crippen LogP contribution in [0.5, 0.6) is 0 Å². The van der Waals surface area contributed by atoms with Crippen molar-refractivity contribution in [3.8, 4) is 10.4 Å². The number of benzene rings is 1. The topological polar surface area (TPSA) is 91.3 Å². The zero-order valence-corrected chi connectivity index (χ0v) is 21.4. The van der Waals surface area contributed by atoms with Gasteiger partial charge < -0.3 is 10.4 Å². The van der Waals surface area contributed by atoms with E-state index in [4.69, 9.17) is 4.98 Å². The third-order valence-corrected chi connectivity index (χ3v) is 9.89. The number of aliphatic hydroxyl groups is 1. The lowest BCUT2D eigenvalue weighted by atomic mass is 9.87. The Hall–Kier alpha value is -1.48. The number of nitrogens with one attached hydrogen (secondary N) is 2. The highest BCUT2D eigenvalue weighted by Gasteiger charge is 2.27. The number of aliphatic hydroxyl groups excluding tert-OH is 1. The lowest BCUT2D eigenvalue weighted by molar-refractivity contribution is 0.117. The van der Waals surface area contributed by atoms with Gasteiger partial charge in [0, 0.05) is 12.6 Å². The molecule has 1 heterocycles. The number of hydrogen-bond donors (Lipinski definition) is 3. The number of thiazole rings is 1. The first kappa shape index (κ1) is 24.6. The van der Waals surface area contributed by atoms with E-state index in [1.54, 1.807) is 17.4 Å². The van der Waals surface area contributed by atoms with Gasteiger partial charge in [-0.3, -0.25) is 0 Å². The zero-order chi connectivity index (χ0) is 23.4. The van der Waals surface area contributed by atoms with Crippen molar-refractivity contribution >= 4 is 26.5 Å². The number of aromatic nitrogens is 1. The van der Waals surface area contributed by atoms with Gasteiger partial charge in [0.1, 0.15) is 0 Å². The summed E-state index contributed by atoms with van der Waals surface area (Å²) in [4.78, 5) is 6.01. The number of sulfonamides is 1. The zero-order valence-electron chi connectivity index (χ0n) is 19.8. The van der Waals surface area contributed by atoms with Crippen molar-refractivity contribution in [2.45, 2.75) is 95.1 Å². The summed E-state index contributed by atoms with van der Waals surface area (Å²) < 4.78 is 29.2. The number of hydrogen-bond acceptors (Lipinski definition) is 6. The van der Waals surface area contributed by atoms with Gasteiger partial charge in [0.15, 0.2) is 5.13 Å². The van der Waals surface area contributed by atoms with Crippen LogP contribution in [-0.4, -0.2) is 37.2 Å². The molecule has 2 unspecified atom stereocenters. The van der Waals surface area contributed by atoms with Crippen molar-refractivity contribution in [1.29, 1.82) is 0 Å². The standard InChI is InChI=1S/C25H37N3O3S2/c1-17-11-12-20(15-23(17)33(30,31)28-21-9-6-10-22(29)16-21)24-18(2)27-25(32-24)26-14-13-19-7-4-3-5-8-19/h11-12,15,19,21-22,28-29H,3-10,13-14,16H2,1-2H3,(H,26,27). The molecule has 182 valence electrons. The number of anilines is 1. The van der Waals surface area contributed by atoms with Crippen LogP contribution in [0.3, 0.4) is 0 Å². The Bertz CT molecular complexity index is 1050.